The zero-order chi connectivity index (χ0) is 19.3. The molecule has 0 radical (unpaired) electrons. The van der Waals surface area contributed by atoms with Crippen LogP contribution < -0.4 is 4.74 Å². The van der Waals surface area contributed by atoms with Crippen LogP contribution in [0.15, 0.2) is 28.8 Å². The first kappa shape index (κ1) is 19.0. The van der Waals surface area contributed by atoms with Crippen LogP contribution in [0.5, 0.6) is 5.75 Å². The Morgan fingerprint density at radius 3 is 2.68 bits per heavy atom. The van der Waals surface area contributed by atoms with Gasteiger partial charge in [-0.1, -0.05) is 24.4 Å². The molecule has 28 heavy (non-hydrogen) atoms. The minimum Gasteiger partial charge on any atom is -0.497 e. The first-order valence-corrected chi connectivity index (χ1v) is 10.5. The summed E-state index contributed by atoms with van der Waals surface area (Å²) in [6, 6.07) is 7.62. The Bertz CT molecular complexity index is 781. The summed E-state index contributed by atoms with van der Waals surface area (Å²) in [6.07, 6.45) is 8.96. The summed E-state index contributed by atoms with van der Waals surface area (Å²) >= 11 is 0. The summed E-state index contributed by atoms with van der Waals surface area (Å²) in [7, 11) is 1.64. The maximum Gasteiger partial charge on any atom is 0.231 e. The molecule has 6 heteroatoms. The van der Waals surface area contributed by atoms with E-state index in [-0.39, 0.29) is 5.92 Å². The van der Waals surface area contributed by atoms with Gasteiger partial charge in [-0.15, -0.1) is 0 Å². The molecule has 0 unspecified atom stereocenters. The third kappa shape index (κ3) is 4.37. The maximum atomic E-state index is 12.8. The van der Waals surface area contributed by atoms with Crippen molar-refractivity contribution in [3.05, 3.63) is 30.2 Å². The van der Waals surface area contributed by atoms with Crippen LogP contribution in [-0.4, -0.2) is 41.1 Å². The highest BCUT2D eigenvalue weighted by Crippen LogP contribution is 2.31. The van der Waals surface area contributed by atoms with Crippen LogP contribution in [0.2, 0.25) is 0 Å². The highest BCUT2D eigenvalue weighted by atomic mass is 16.5. The van der Waals surface area contributed by atoms with E-state index in [9.17, 15) is 4.79 Å². The standard InChI is InChI=1S/C22H29N3O3/c1-27-19-11-9-17(10-12-19)21-23-22(28-24-21)18-8-5-13-25(15-18)20(26)14-16-6-3-2-4-7-16/h9-12,16,18H,2-8,13-15H2,1H3/t18-/m1/s1. The van der Waals surface area contributed by atoms with Gasteiger partial charge in [-0.25, -0.2) is 0 Å². The lowest BCUT2D eigenvalue weighted by Crippen LogP contribution is -2.40. The molecule has 2 fully saturated rings. The average molecular weight is 383 g/mol. The largest absolute Gasteiger partial charge is 0.497 e. The van der Waals surface area contributed by atoms with Crippen molar-refractivity contribution in [1.29, 1.82) is 0 Å². The lowest BCUT2D eigenvalue weighted by atomic mass is 9.86. The molecule has 0 spiro atoms. The Balaban J connectivity index is 1.38. The predicted molar refractivity (Wildman–Crippen MR) is 106 cm³/mol. The van der Waals surface area contributed by atoms with Gasteiger partial charge in [0, 0.05) is 25.1 Å². The second kappa shape index (κ2) is 8.76. The molecule has 2 heterocycles. The van der Waals surface area contributed by atoms with Crippen molar-refractivity contribution in [2.45, 2.75) is 57.3 Å². The van der Waals surface area contributed by atoms with Gasteiger partial charge in [-0.3, -0.25) is 4.79 Å². The van der Waals surface area contributed by atoms with Crippen molar-refractivity contribution >= 4 is 5.91 Å². The Kier molecular flexibility index (Phi) is 5.93. The molecule has 1 aliphatic carbocycles. The van der Waals surface area contributed by atoms with Gasteiger partial charge < -0.3 is 14.2 Å². The number of likely N-dealkylation sites (tertiary alicyclic amines) is 1. The van der Waals surface area contributed by atoms with Crippen molar-refractivity contribution < 1.29 is 14.1 Å². The quantitative estimate of drug-likeness (QED) is 0.764. The molecule has 1 aromatic carbocycles. The summed E-state index contributed by atoms with van der Waals surface area (Å²) < 4.78 is 10.8. The van der Waals surface area contributed by atoms with Crippen LogP contribution >= 0.6 is 0 Å². The van der Waals surface area contributed by atoms with Crippen LogP contribution in [0.1, 0.15) is 63.2 Å². The predicted octanol–water partition coefficient (Wildman–Crippen LogP) is 4.42. The first-order valence-electron chi connectivity index (χ1n) is 10.5. The number of aromatic nitrogens is 2. The number of rotatable bonds is 5. The monoisotopic (exact) mass is 383 g/mol. The fourth-order valence-electron chi connectivity index (χ4n) is 4.43. The molecule has 4 rings (SSSR count). The van der Waals surface area contributed by atoms with E-state index in [1.165, 1.54) is 32.1 Å². The molecule has 0 bridgehead atoms. The maximum absolute atomic E-state index is 12.8. The molecular formula is C22H29N3O3. The summed E-state index contributed by atoms with van der Waals surface area (Å²) in [5.74, 6) is 3.03. The second-order valence-electron chi connectivity index (χ2n) is 8.07. The number of hydrogen-bond donors (Lipinski definition) is 0. The molecule has 2 aliphatic rings. The van der Waals surface area contributed by atoms with E-state index < -0.39 is 0 Å². The second-order valence-corrected chi connectivity index (χ2v) is 8.07. The number of nitrogens with zero attached hydrogens (tertiary/aromatic N) is 3. The molecule has 150 valence electrons. The van der Waals surface area contributed by atoms with Gasteiger partial charge in [-0.2, -0.15) is 4.98 Å². The summed E-state index contributed by atoms with van der Waals surface area (Å²) in [6.45, 7) is 1.54. The molecule has 1 saturated heterocycles. The first-order chi connectivity index (χ1) is 13.7. The fourth-order valence-corrected chi connectivity index (χ4v) is 4.43. The Labute approximate surface area is 166 Å². The number of hydrogen-bond acceptors (Lipinski definition) is 5. The number of methoxy groups -OCH3 is 1. The van der Waals surface area contributed by atoms with Gasteiger partial charge in [0.2, 0.25) is 17.6 Å². The molecule has 6 nitrogen and oxygen atoms in total. The molecule has 1 aromatic heterocycles. The molecular weight excluding hydrogens is 354 g/mol. The summed E-state index contributed by atoms with van der Waals surface area (Å²) in [4.78, 5) is 19.4. The van der Waals surface area contributed by atoms with Gasteiger partial charge in [0.05, 0.1) is 13.0 Å². The van der Waals surface area contributed by atoms with Crippen LogP contribution in [0.3, 0.4) is 0 Å². The normalized spacial score (nSPS) is 20.9. The lowest BCUT2D eigenvalue weighted by Gasteiger charge is -2.32. The number of carbonyl (C=O) groups excluding carboxylic acids is 1. The lowest BCUT2D eigenvalue weighted by molar-refractivity contribution is -0.133. The van der Waals surface area contributed by atoms with Crippen LogP contribution in [0, 0.1) is 5.92 Å². The molecule has 1 saturated carbocycles. The molecule has 1 aliphatic heterocycles. The van der Waals surface area contributed by atoms with E-state index in [2.05, 4.69) is 10.1 Å². The number of amides is 1. The SMILES string of the molecule is COc1ccc(-c2noc([C@@H]3CCCN(C(=O)CC4CCCCC4)C3)n2)cc1. The van der Waals surface area contributed by atoms with E-state index in [0.717, 1.165) is 30.7 Å². The number of carbonyl (C=O) groups is 1. The highest BCUT2D eigenvalue weighted by molar-refractivity contribution is 5.76. The third-order valence-electron chi connectivity index (χ3n) is 6.10. The zero-order valence-electron chi connectivity index (χ0n) is 16.6. The van der Waals surface area contributed by atoms with Gasteiger partial charge in [0.1, 0.15) is 5.75 Å². The van der Waals surface area contributed by atoms with Gasteiger partial charge >= 0.3 is 0 Å². The third-order valence-corrected chi connectivity index (χ3v) is 6.10. The van der Waals surface area contributed by atoms with E-state index in [1.54, 1.807) is 7.11 Å². The van der Waals surface area contributed by atoms with Crippen LogP contribution in [0.25, 0.3) is 11.4 Å². The van der Waals surface area contributed by atoms with Crippen molar-refractivity contribution in [2.75, 3.05) is 20.2 Å². The smallest absolute Gasteiger partial charge is 0.231 e. The van der Waals surface area contributed by atoms with E-state index in [4.69, 9.17) is 9.26 Å². The minimum atomic E-state index is 0.128. The van der Waals surface area contributed by atoms with Gasteiger partial charge in [0.25, 0.3) is 0 Å². The van der Waals surface area contributed by atoms with Crippen LogP contribution in [-0.2, 0) is 4.79 Å². The number of piperidine rings is 1. The topological polar surface area (TPSA) is 68.5 Å². The molecule has 1 amide bonds. The minimum absolute atomic E-state index is 0.128. The van der Waals surface area contributed by atoms with Crippen molar-refractivity contribution in [3.8, 4) is 17.1 Å². The fraction of sp³-hybridized carbons (Fsp3) is 0.591. The van der Waals surface area contributed by atoms with Gasteiger partial charge in [-0.05, 0) is 55.9 Å². The van der Waals surface area contributed by atoms with Crippen molar-refractivity contribution in [2.24, 2.45) is 5.92 Å². The molecule has 0 N–H and O–H groups in total. The number of ether oxygens (including phenoxy) is 1. The Morgan fingerprint density at radius 1 is 1.14 bits per heavy atom. The van der Waals surface area contributed by atoms with Gasteiger partial charge in [0.15, 0.2) is 0 Å². The highest BCUT2D eigenvalue weighted by Gasteiger charge is 2.30. The molecule has 2 aromatic rings. The number of benzene rings is 1. The van der Waals surface area contributed by atoms with E-state index in [1.807, 2.05) is 29.2 Å². The van der Waals surface area contributed by atoms with Crippen LogP contribution in [0.4, 0.5) is 0 Å². The van der Waals surface area contributed by atoms with E-state index in [0.29, 0.717) is 36.5 Å². The molecule has 1 atom stereocenters. The summed E-state index contributed by atoms with van der Waals surface area (Å²) in [5, 5.41) is 4.15. The van der Waals surface area contributed by atoms with Crippen molar-refractivity contribution in [1.82, 2.24) is 15.0 Å². The Morgan fingerprint density at radius 2 is 1.93 bits per heavy atom. The zero-order valence-corrected chi connectivity index (χ0v) is 16.6. The summed E-state index contributed by atoms with van der Waals surface area (Å²) in [5.41, 5.74) is 0.900. The van der Waals surface area contributed by atoms with E-state index >= 15 is 0 Å². The average Bonchev–Trinajstić information content (AvgIpc) is 3.25. The van der Waals surface area contributed by atoms with Crippen molar-refractivity contribution in [3.63, 3.8) is 0 Å². The Hall–Kier alpha value is -2.37.